The molecule has 156 valence electrons. The fourth-order valence-corrected chi connectivity index (χ4v) is 4.31. The number of hydrogen-bond acceptors (Lipinski definition) is 5. The number of para-hydroxylation sites is 1. The summed E-state index contributed by atoms with van der Waals surface area (Å²) in [6.07, 6.45) is 1.67. The molecule has 32 heavy (non-hydrogen) atoms. The molecule has 2 aliphatic rings. The van der Waals surface area contributed by atoms with Crippen molar-refractivity contribution in [1.29, 1.82) is 0 Å². The third kappa shape index (κ3) is 3.81. The molecular weight excluding hydrogens is 422 g/mol. The molecule has 0 bridgehead atoms. The molecule has 1 saturated heterocycles. The van der Waals surface area contributed by atoms with E-state index in [4.69, 9.17) is 0 Å². The minimum Gasteiger partial charge on any atom is -0.354 e. The van der Waals surface area contributed by atoms with Crippen molar-refractivity contribution in [2.75, 3.05) is 10.6 Å². The standard InChI is InChI=1S/C25H17N3O3S/c29-23-20(32-25(31)28-23)14-15-10-12-17(13-11-15)26-22(16-6-2-1-3-7-16)21-18-8-4-5-9-19(18)27-24(21)30/h1-14,26H,(H,27,30)(H,28,29,31)/b20-14+,22-21-. The van der Waals surface area contributed by atoms with Crippen molar-refractivity contribution in [3.63, 3.8) is 0 Å². The molecule has 3 N–H and O–H groups in total. The van der Waals surface area contributed by atoms with Crippen molar-refractivity contribution < 1.29 is 14.4 Å². The van der Waals surface area contributed by atoms with E-state index in [0.29, 0.717) is 16.2 Å². The Labute approximate surface area is 188 Å². The summed E-state index contributed by atoms with van der Waals surface area (Å²) >= 11 is 0.885. The van der Waals surface area contributed by atoms with Crippen molar-refractivity contribution in [1.82, 2.24) is 5.32 Å². The Hall–Kier alpha value is -4.10. The van der Waals surface area contributed by atoms with Gasteiger partial charge in [-0.15, -0.1) is 0 Å². The maximum atomic E-state index is 12.9. The van der Waals surface area contributed by atoms with Crippen molar-refractivity contribution in [3.8, 4) is 0 Å². The first-order chi connectivity index (χ1) is 15.6. The van der Waals surface area contributed by atoms with Crippen LogP contribution < -0.4 is 16.0 Å². The quantitative estimate of drug-likeness (QED) is 0.501. The molecule has 0 radical (unpaired) electrons. The van der Waals surface area contributed by atoms with Gasteiger partial charge in [0.25, 0.3) is 17.1 Å². The van der Waals surface area contributed by atoms with Gasteiger partial charge in [0, 0.05) is 16.9 Å². The second-order valence-corrected chi connectivity index (χ2v) is 8.23. The SMILES string of the molecule is O=C1NC(=O)/C(=C\c2ccc(N/C(=C3\C(=O)Nc4ccccc43)c3ccccc3)cc2)S1. The zero-order chi connectivity index (χ0) is 22.1. The molecular formula is C25H17N3O3S. The lowest BCUT2D eigenvalue weighted by atomic mass is 10.00. The van der Waals surface area contributed by atoms with E-state index in [-0.39, 0.29) is 17.1 Å². The summed E-state index contributed by atoms with van der Waals surface area (Å²) in [6.45, 7) is 0. The molecule has 5 rings (SSSR count). The highest BCUT2D eigenvalue weighted by Gasteiger charge is 2.28. The average molecular weight is 439 g/mol. The molecule has 0 aliphatic carbocycles. The lowest BCUT2D eigenvalue weighted by molar-refractivity contribution is -0.115. The van der Waals surface area contributed by atoms with E-state index in [1.165, 1.54) is 0 Å². The van der Waals surface area contributed by atoms with Crippen LogP contribution in [0.25, 0.3) is 17.3 Å². The molecule has 3 aromatic carbocycles. The highest BCUT2D eigenvalue weighted by atomic mass is 32.2. The van der Waals surface area contributed by atoms with Crippen molar-refractivity contribution in [3.05, 3.63) is 100 Å². The molecule has 3 amide bonds. The lowest BCUT2D eigenvalue weighted by Gasteiger charge is -2.15. The van der Waals surface area contributed by atoms with Crippen LogP contribution in [0.1, 0.15) is 16.7 Å². The fourth-order valence-electron chi connectivity index (χ4n) is 3.63. The highest BCUT2D eigenvalue weighted by Crippen LogP contribution is 2.37. The second kappa shape index (κ2) is 8.20. The minimum absolute atomic E-state index is 0.159. The van der Waals surface area contributed by atoms with Crippen LogP contribution in [-0.2, 0) is 9.59 Å². The summed E-state index contributed by atoms with van der Waals surface area (Å²) in [5, 5.41) is 8.21. The summed E-state index contributed by atoms with van der Waals surface area (Å²) < 4.78 is 0. The average Bonchev–Trinajstić information content (AvgIpc) is 3.30. The monoisotopic (exact) mass is 439 g/mol. The van der Waals surface area contributed by atoms with Crippen LogP contribution in [0.3, 0.4) is 0 Å². The van der Waals surface area contributed by atoms with E-state index in [1.807, 2.05) is 78.9 Å². The topological polar surface area (TPSA) is 87.3 Å². The predicted octanol–water partition coefficient (Wildman–Crippen LogP) is 4.94. The number of nitrogens with one attached hydrogen (secondary N) is 3. The summed E-state index contributed by atoms with van der Waals surface area (Å²) in [5.74, 6) is -0.544. The van der Waals surface area contributed by atoms with Crippen LogP contribution in [-0.4, -0.2) is 17.1 Å². The van der Waals surface area contributed by atoms with E-state index in [9.17, 15) is 14.4 Å². The van der Waals surface area contributed by atoms with Gasteiger partial charge in [-0.2, -0.15) is 0 Å². The van der Waals surface area contributed by atoms with Crippen LogP contribution in [0.15, 0.2) is 83.8 Å². The van der Waals surface area contributed by atoms with E-state index in [1.54, 1.807) is 6.08 Å². The smallest absolute Gasteiger partial charge is 0.290 e. The zero-order valence-electron chi connectivity index (χ0n) is 16.7. The van der Waals surface area contributed by atoms with Gasteiger partial charge in [-0.3, -0.25) is 19.7 Å². The number of benzene rings is 3. The third-order valence-electron chi connectivity index (χ3n) is 5.10. The first kappa shape index (κ1) is 19.8. The Morgan fingerprint density at radius 3 is 2.22 bits per heavy atom. The summed E-state index contributed by atoms with van der Waals surface area (Å²) in [4.78, 5) is 36.3. The fraction of sp³-hybridized carbons (Fsp3) is 0. The van der Waals surface area contributed by atoms with Gasteiger partial charge in [-0.25, -0.2) is 0 Å². The van der Waals surface area contributed by atoms with Crippen LogP contribution in [0.5, 0.6) is 0 Å². The number of thioether (sulfide) groups is 1. The number of carbonyl (C=O) groups is 3. The summed E-state index contributed by atoms with van der Waals surface area (Å²) in [5.41, 5.74) is 5.38. The van der Waals surface area contributed by atoms with Gasteiger partial charge in [-0.05, 0) is 47.2 Å². The molecule has 0 aromatic heterocycles. The van der Waals surface area contributed by atoms with E-state index in [0.717, 1.165) is 39.8 Å². The molecule has 0 unspecified atom stereocenters. The molecule has 3 aromatic rings. The lowest BCUT2D eigenvalue weighted by Crippen LogP contribution is -2.17. The van der Waals surface area contributed by atoms with Crippen LogP contribution >= 0.6 is 11.8 Å². The number of anilines is 2. The van der Waals surface area contributed by atoms with Crippen molar-refractivity contribution >= 4 is 57.5 Å². The molecule has 2 aliphatic heterocycles. The number of rotatable bonds is 4. The number of imide groups is 1. The van der Waals surface area contributed by atoms with E-state index < -0.39 is 0 Å². The Kier molecular flexibility index (Phi) is 5.09. The zero-order valence-corrected chi connectivity index (χ0v) is 17.5. The Balaban J connectivity index is 1.51. The number of carbonyl (C=O) groups excluding carboxylic acids is 3. The molecule has 6 nitrogen and oxygen atoms in total. The second-order valence-electron chi connectivity index (χ2n) is 7.21. The van der Waals surface area contributed by atoms with Gasteiger partial charge < -0.3 is 10.6 Å². The van der Waals surface area contributed by atoms with Gasteiger partial charge >= 0.3 is 0 Å². The van der Waals surface area contributed by atoms with Crippen LogP contribution in [0.4, 0.5) is 16.2 Å². The molecule has 0 spiro atoms. The van der Waals surface area contributed by atoms with Gasteiger partial charge in [0.15, 0.2) is 0 Å². The normalized spacial score (nSPS) is 17.8. The van der Waals surface area contributed by atoms with Crippen LogP contribution in [0, 0.1) is 0 Å². The van der Waals surface area contributed by atoms with E-state index in [2.05, 4.69) is 16.0 Å². The van der Waals surface area contributed by atoms with E-state index >= 15 is 0 Å². The Bertz CT molecular complexity index is 1310. The third-order valence-corrected chi connectivity index (χ3v) is 5.91. The first-order valence-electron chi connectivity index (χ1n) is 9.91. The minimum atomic E-state index is -0.385. The first-order valence-corrected chi connectivity index (χ1v) is 10.7. The Morgan fingerprint density at radius 1 is 0.781 bits per heavy atom. The van der Waals surface area contributed by atoms with Crippen molar-refractivity contribution in [2.45, 2.75) is 0 Å². The maximum absolute atomic E-state index is 12.9. The number of hydrogen-bond donors (Lipinski definition) is 3. The molecule has 0 saturated carbocycles. The van der Waals surface area contributed by atoms with Gasteiger partial charge in [-0.1, -0.05) is 60.7 Å². The van der Waals surface area contributed by atoms with Crippen molar-refractivity contribution in [2.24, 2.45) is 0 Å². The number of fused-ring (bicyclic) bond motifs is 1. The highest BCUT2D eigenvalue weighted by molar-refractivity contribution is 8.18. The number of amides is 3. The molecule has 1 fully saturated rings. The van der Waals surface area contributed by atoms with Gasteiger partial charge in [0.1, 0.15) is 0 Å². The molecule has 7 heteroatoms. The Morgan fingerprint density at radius 2 is 1.50 bits per heavy atom. The molecule has 0 atom stereocenters. The summed E-state index contributed by atoms with van der Waals surface area (Å²) in [6, 6.07) is 24.7. The largest absolute Gasteiger partial charge is 0.354 e. The maximum Gasteiger partial charge on any atom is 0.290 e. The molecule has 2 heterocycles. The van der Waals surface area contributed by atoms with Gasteiger partial charge in [0.05, 0.1) is 16.2 Å². The predicted molar refractivity (Wildman–Crippen MR) is 127 cm³/mol. The summed E-state index contributed by atoms with van der Waals surface area (Å²) in [7, 11) is 0. The van der Waals surface area contributed by atoms with Gasteiger partial charge in [0.2, 0.25) is 0 Å². The van der Waals surface area contributed by atoms with Crippen LogP contribution in [0.2, 0.25) is 0 Å².